The highest BCUT2D eigenvalue weighted by atomic mass is 16.2. The molecule has 0 aliphatic carbocycles. The Labute approximate surface area is 114 Å². The molecule has 2 rings (SSSR count). The third-order valence-corrected chi connectivity index (χ3v) is 3.17. The van der Waals surface area contributed by atoms with Crippen molar-refractivity contribution >= 4 is 17.7 Å². The monoisotopic (exact) mass is 278 g/mol. The van der Waals surface area contributed by atoms with Gasteiger partial charge in [-0.1, -0.05) is 0 Å². The summed E-state index contributed by atoms with van der Waals surface area (Å²) >= 11 is 0. The number of aromatic nitrogens is 2. The lowest BCUT2D eigenvalue weighted by Crippen LogP contribution is -2.66. The Morgan fingerprint density at radius 1 is 1.40 bits per heavy atom. The van der Waals surface area contributed by atoms with Crippen LogP contribution in [0.5, 0.6) is 0 Å². The first-order chi connectivity index (χ1) is 9.32. The summed E-state index contributed by atoms with van der Waals surface area (Å²) in [5, 5.41) is 2.18. The highest BCUT2D eigenvalue weighted by Crippen LogP contribution is 2.18. The summed E-state index contributed by atoms with van der Waals surface area (Å²) in [6, 6.07) is 1.52. The number of rotatable bonds is 2. The molecule has 0 radical (unpaired) electrons. The van der Waals surface area contributed by atoms with Crippen LogP contribution >= 0.6 is 0 Å². The lowest BCUT2D eigenvalue weighted by atomic mass is 9.98. The maximum atomic E-state index is 12.2. The summed E-state index contributed by atoms with van der Waals surface area (Å²) in [5.41, 5.74) is -1.71. The van der Waals surface area contributed by atoms with Crippen LogP contribution in [0.3, 0.4) is 0 Å². The fourth-order valence-corrected chi connectivity index (χ4v) is 1.92. The van der Waals surface area contributed by atoms with Crippen LogP contribution in [0.2, 0.25) is 0 Å². The molecule has 0 bridgehead atoms. The van der Waals surface area contributed by atoms with E-state index in [2.05, 4.69) is 10.3 Å². The number of carbonyl (C=O) groups is 3. The zero-order chi connectivity index (χ0) is 14.9. The summed E-state index contributed by atoms with van der Waals surface area (Å²) in [6.45, 7) is 2.60. The van der Waals surface area contributed by atoms with Crippen molar-refractivity contribution in [3.8, 4) is 0 Å². The van der Waals surface area contributed by atoms with Gasteiger partial charge in [0.1, 0.15) is 18.6 Å². The molecule has 1 aromatic heterocycles. The Balaban J connectivity index is 2.24. The Morgan fingerprint density at radius 3 is 2.75 bits per heavy atom. The van der Waals surface area contributed by atoms with E-state index in [0.29, 0.717) is 0 Å². The third-order valence-electron chi connectivity index (χ3n) is 3.17. The van der Waals surface area contributed by atoms with Gasteiger partial charge < -0.3 is 4.90 Å². The lowest BCUT2D eigenvalue weighted by molar-refractivity contribution is -0.155. The van der Waals surface area contributed by atoms with Crippen LogP contribution in [0.4, 0.5) is 0 Å². The van der Waals surface area contributed by atoms with Gasteiger partial charge in [-0.05, 0) is 19.9 Å². The van der Waals surface area contributed by atoms with Gasteiger partial charge in [-0.15, -0.1) is 0 Å². The Hall–Kier alpha value is -2.51. The molecule has 1 aliphatic heterocycles. The van der Waals surface area contributed by atoms with E-state index in [1.54, 1.807) is 13.8 Å². The largest absolute Gasteiger partial charge is 0.347 e. The van der Waals surface area contributed by atoms with Crippen molar-refractivity contribution in [1.29, 1.82) is 0 Å². The van der Waals surface area contributed by atoms with Gasteiger partial charge in [-0.25, -0.2) is 9.78 Å². The zero-order valence-corrected chi connectivity index (χ0v) is 11.1. The molecule has 20 heavy (non-hydrogen) atoms. The molecule has 1 N–H and O–H groups in total. The highest BCUT2D eigenvalue weighted by molar-refractivity contribution is 6.06. The minimum atomic E-state index is -1.14. The van der Waals surface area contributed by atoms with Crippen molar-refractivity contribution in [1.82, 2.24) is 19.8 Å². The molecule has 0 atom stereocenters. The second-order valence-corrected chi connectivity index (χ2v) is 4.95. The highest BCUT2D eigenvalue weighted by Gasteiger charge is 2.43. The average molecular weight is 278 g/mol. The van der Waals surface area contributed by atoms with Crippen LogP contribution in [0.15, 0.2) is 23.3 Å². The van der Waals surface area contributed by atoms with Crippen molar-refractivity contribution in [2.24, 2.45) is 0 Å². The number of nitrogens with zero attached hydrogens (tertiary/aromatic N) is 3. The SMILES string of the molecule is CC1(C)C(=O)NC(=O)CN1C(=O)Cn1cccnc1=O. The van der Waals surface area contributed by atoms with Crippen LogP contribution in [-0.4, -0.2) is 44.3 Å². The summed E-state index contributed by atoms with van der Waals surface area (Å²) < 4.78 is 1.12. The molecule has 1 aromatic rings. The number of amides is 3. The van der Waals surface area contributed by atoms with E-state index in [9.17, 15) is 19.2 Å². The number of hydrogen-bond acceptors (Lipinski definition) is 5. The van der Waals surface area contributed by atoms with Gasteiger partial charge >= 0.3 is 5.69 Å². The van der Waals surface area contributed by atoms with Gasteiger partial charge in [-0.3, -0.25) is 24.3 Å². The van der Waals surface area contributed by atoms with E-state index in [1.165, 1.54) is 18.5 Å². The van der Waals surface area contributed by atoms with Crippen molar-refractivity contribution in [2.45, 2.75) is 25.9 Å². The number of hydrogen-bond donors (Lipinski definition) is 1. The van der Waals surface area contributed by atoms with Crippen LogP contribution in [0.25, 0.3) is 0 Å². The molecule has 1 saturated heterocycles. The number of imide groups is 1. The van der Waals surface area contributed by atoms with Crippen LogP contribution < -0.4 is 11.0 Å². The van der Waals surface area contributed by atoms with E-state index in [-0.39, 0.29) is 13.1 Å². The van der Waals surface area contributed by atoms with Gasteiger partial charge in [0, 0.05) is 12.4 Å². The molecular formula is C12H14N4O4. The molecule has 3 amide bonds. The zero-order valence-electron chi connectivity index (χ0n) is 11.1. The van der Waals surface area contributed by atoms with Gasteiger partial charge in [-0.2, -0.15) is 0 Å². The maximum absolute atomic E-state index is 12.2. The minimum Gasteiger partial charge on any atom is -0.318 e. The maximum Gasteiger partial charge on any atom is 0.347 e. The summed E-state index contributed by atoms with van der Waals surface area (Å²) in [7, 11) is 0. The van der Waals surface area contributed by atoms with Gasteiger partial charge in [0.15, 0.2) is 0 Å². The molecule has 2 heterocycles. The molecule has 0 unspecified atom stereocenters. The minimum absolute atomic E-state index is 0.216. The Bertz CT molecular complexity index is 634. The molecule has 106 valence electrons. The molecule has 8 nitrogen and oxygen atoms in total. The number of carbonyl (C=O) groups excluding carboxylic acids is 3. The predicted octanol–water partition coefficient (Wildman–Crippen LogP) is -1.49. The number of nitrogens with one attached hydrogen (secondary N) is 1. The van der Waals surface area contributed by atoms with Crippen LogP contribution in [0.1, 0.15) is 13.8 Å². The average Bonchev–Trinajstić information content (AvgIpc) is 2.37. The van der Waals surface area contributed by atoms with Crippen LogP contribution in [-0.2, 0) is 20.9 Å². The van der Waals surface area contributed by atoms with Crippen molar-refractivity contribution in [2.75, 3.05) is 6.54 Å². The normalized spacial score (nSPS) is 17.8. The predicted molar refractivity (Wildman–Crippen MR) is 67.4 cm³/mol. The molecule has 8 heteroatoms. The van der Waals surface area contributed by atoms with Crippen molar-refractivity contribution in [3.63, 3.8) is 0 Å². The van der Waals surface area contributed by atoms with Crippen molar-refractivity contribution < 1.29 is 14.4 Å². The first-order valence-corrected chi connectivity index (χ1v) is 5.98. The van der Waals surface area contributed by atoms with E-state index in [4.69, 9.17) is 0 Å². The standard InChI is InChI=1S/C12H14N4O4/c1-12(2)10(19)14-8(17)6-16(12)9(18)7-15-5-3-4-13-11(15)20/h3-5H,6-7H2,1-2H3,(H,14,17,19). The number of piperazine rings is 1. The second-order valence-electron chi connectivity index (χ2n) is 4.95. The summed E-state index contributed by atoms with van der Waals surface area (Å²) in [6.07, 6.45) is 2.75. The van der Waals surface area contributed by atoms with E-state index in [0.717, 1.165) is 9.47 Å². The molecular weight excluding hydrogens is 264 g/mol. The quantitative estimate of drug-likeness (QED) is 0.664. The fourth-order valence-electron chi connectivity index (χ4n) is 1.92. The molecule has 0 aromatic carbocycles. The Kier molecular flexibility index (Phi) is 3.39. The van der Waals surface area contributed by atoms with Gasteiger partial charge in [0.25, 0.3) is 5.91 Å². The third kappa shape index (κ3) is 2.44. The lowest BCUT2D eigenvalue weighted by Gasteiger charge is -2.40. The first-order valence-electron chi connectivity index (χ1n) is 5.98. The van der Waals surface area contributed by atoms with Crippen LogP contribution in [0, 0.1) is 0 Å². The fraction of sp³-hybridized carbons (Fsp3) is 0.417. The molecule has 0 spiro atoms. The van der Waals surface area contributed by atoms with E-state index >= 15 is 0 Å². The summed E-state index contributed by atoms with van der Waals surface area (Å²) in [4.78, 5) is 51.5. The van der Waals surface area contributed by atoms with Gasteiger partial charge in [0.2, 0.25) is 11.8 Å². The molecule has 0 saturated carbocycles. The molecule has 1 fully saturated rings. The summed E-state index contributed by atoms with van der Waals surface area (Å²) in [5.74, 6) is -1.57. The second kappa shape index (κ2) is 4.87. The van der Waals surface area contributed by atoms with E-state index < -0.39 is 29.0 Å². The smallest absolute Gasteiger partial charge is 0.318 e. The van der Waals surface area contributed by atoms with Crippen molar-refractivity contribution in [3.05, 3.63) is 28.9 Å². The topological polar surface area (TPSA) is 101 Å². The van der Waals surface area contributed by atoms with Gasteiger partial charge in [0.05, 0.1) is 0 Å². The van der Waals surface area contributed by atoms with E-state index in [1.807, 2.05) is 0 Å². The first kappa shape index (κ1) is 13.9. The molecule has 1 aliphatic rings. The Morgan fingerprint density at radius 2 is 2.10 bits per heavy atom.